The van der Waals surface area contributed by atoms with Gasteiger partial charge >= 0.3 is 0 Å². The molecule has 9 heteroatoms. The van der Waals surface area contributed by atoms with Gasteiger partial charge in [-0.2, -0.15) is 0 Å². The van der Waals surface area contributed by atoms with Crippen molar-refractivity contribution in [2.75, 3.05) is 5.32 Å². The summed E-state index contributed by atoms with van der Waals surface area (Å²) in [5.74, 6) is -0.389. The molecule has 0 fully saturated rings. The average molecular weight is 284 g/mol. The van der Waals surface area contributed by atoms with Gasteiger partial charge in [-0.25, -0.2) is 10.1 Å². The Bertz CT molecular complexity index is 440. The molecule has 16 heavy (non-hydrogen) atoms. The van der Waals surface area contributed by atoms with Crippen LogP contribution in [0, 0.1) is 10.1 Å². The fourth-order valence-electron chi connectivity index (χ4n) is 0.889. The highest BCUT2D eigenvalue weighted by Gasteiger charge is 2.07. The number of halogens is 3. The minimum absolute atomic E-state index is 0.193. The molecule has 1 aromatic carbocycles. The number of hydrogen-bond donors (Lipinski definition) is 2. The molecular formula is C7H5Cl3N4O2. The van der Waals surface area contributed by atoms with E-state index in [1.165, 1.54) is 12.1 Å². The molecule has 0 saturated heterocycles. The third-order valence-electron chi connectivity index (χ3n) is 1.45. The second-order valence-corrected chi connectivity index (χ2v) is 3.79. The Labute approximate surface area is 105 Å². The topological polar surface area (TPSA) is 93.5 Å². The number of nitrogens with zero attached hydrogens (tertiary/aromatic N) is 2. The molecule has 6 nitrogen and oxygen atoms in total. The molecule has 1 rings (SSSR count). The number of benzene rings is 1. The minimum Gasteiger partial charge on any atom is -0.364 e. The highest BCUT2D eigenvalue weighted by Crippen LogP contribution is 2.32. The first-order valence-corrected chi connectivity index (χ1v) is 4.93. The molecule has 0 bridgehead atoms. The lowest BCUT2D eigenvalue weighted by Crippen LogP contribution is -2.23. The molecule has 0 saturated carbocycles. The van der Waals surface area contributed by atoms with Crippen molar-refractivity contribution < 1.29 is 5.03 Å². The van der Waals surface area contributed by atoms with Gasteiger partial charge in [0, 0.05) is 5.69 Å². The number of hydrogen-bond acceptors (Lipinski definition) is 2. The van der Waals surface area contributed by atoms with E-state index >= 15 is 0 Å². The van der Waals surface area contributed by atoms with Crippen LogP contribution in [0.15, 0.2) is 17.2 Å². The first-order chi connectivity index (χ1) is 7.40. The van der Waals surface area contributed by atoms with Crippen molar-refractivity contribution >= 4 is 46.4 Å². The van der Waals surface area contributed by atoms with Crippen LogP contribution in [0.4, 0.5) is 5.69 Å². The van der Waals surface area contributed by atoms with Crippen molar-refractivity contribution in [3.05, 3.63) is 37.3 Å². The maximum Gasteiger partial charge on any atom is 0.270 e. The monoisotopic (exact) mass is 282 g/mol. The van der Waals surface area contributed by atoms with Crippen molar-refractivity contribution in [1.82, 2.24) is 0 Å². The van der Waals surface area contributed by atoms with Gasteiger partial charge in [0.1, 0.15) is 5.10 Å². The Kier molecular flexibility index (Phi) is 4.17. The van der Waals surface area contributed by atoms with Gasteiger partial charge in [-0.1, -0.05) is 34.8 Å². The second-order valence-electron chi connectivity index (χ2n) is 2.60. The highest BCUT2D eigenvalue weighted by molar-refractivity contribution is 6.48. The third kappa shape index (κ3) is 3.41. The molecule has 0 amide bonds. The summed E-state index contributed by atoms with van der Waals surface area (Å²) in [4.78, 5) is 10.0. The molecule has 0 unspecified atom stereocenters. The van der Waals surface area contributed by atoms with Crippen LogP contribution in [0.2, 0.25) is 15.1 Å². The van der Waals surface area contributed by atoms with Crippen molar-refractivity contribution in [2.45, 2.75) is 0 Å². The third-order valence-corrected chi connectivity index (χ3v) is 2.64. The van der Waals surface area contributed by atoms with E-state index in [4.69, 9.17) is 40.5 Å². The van der Waals surface area contributed by atoms with Crippen LogP contribution in [0.3, 0.4) is 0 Å². The van der Waals surface area contributed by atoms with E-state index < -0.39 is 5.03 Å². The van der Waals surface area contributed by atoms with Crippen LogP contribution in [0.5, 0.6) is 0 Å². The van der Waals surface area contributed by atoms with Gasteiger partial charge in [0.25, 0.3) is 5.96 Å². The number of anilines is 1. The van der Waals surface area contributed by atoms with Crippen LogP contribution in [0.1, 0.15) is 0 Å². The molecule has 0 atom stereocenters. The Morgan fingerprint density at radius 3 is 2.31 bits per heavy atom. The van der Waals surface area contributed by atoms with E-state index in [0.29, 0.717) is 5.69 Å². The van der Waals surface area contributed by atoms with E-state index in [1.54, 1.807) is 0 Å². The summed E-state index contributed by atoms with van der Waals surface area (Å²) in [5, 5.41) is 15.0. The van der Waals surface area contributed by atoms with E-state index in [1.807, 2.05) is 0 Å². The predicted octanol–water partition coefficient (Wildman–Crippen LogP) is 2.57. The van der Waals surface area contributed by atoms with Crippen molar-refractivity contribution in [3.63, 3.8) is 0 Å². The van der Waals surface area contributed by atoms with Crippen molar-refractivity contribution in [1.29, 1.82) is 0 Å². The first-order valence-electron chi connectivity index (χ1n) is 3.80. The summed E-state index contributed by atoms with van der Waals surface area (Å²) in [6.07, 6.45) is 0. The van der Waals surface area contributed by atoms with Crippen LogP contribution >= 0.6 is 34.8 Å². The summed E-state index contributed by atoms with van der Waals surface area (Å²) in [7, 11) is 0. The number of rotatable bonds is 2. The molecule has 0 aliphatic carbocycles. The molecule has 86 valence electrons. The second kappa shape index (κ2) is 5.20. The summed E-state index contributed by atoms with van der Waals surface area (Å²) in [6.45, 7) is 0. The van der Waals surface area contributed by atoms with Gasteiger partial charge in [-0.3, -0.25) is 0 Å². The Balaban J connectivity index is 2.95. The molecule has 0 aliphatic heterocycles. The highest BCUT2D eigenvalue weighted by atomic mass is 35.5. The summed E-state index contributed by atoms with van der Waals surface area (Å²) >= 11 is 17.2. The summed E-state index contributed by atoms with van der Waals surface area (Å²) in [5.41, 5.74) is 5.57. The van der Waals surface area contributed by atoms with E-state index in [-0.39, 0.29) is 21.0 Å². The molecule has 3 N–H and O–H groups in total. The SMILES string of the molecule is NC(=N[N+](=O)[O-])Nc1cc(Cl)c(Cl)c(Cl)c1. The molecule has 0 spiro atoms. The Hall–Kier alpha value is -1.24. The molecule has 0 heterocycles. The lowest BCUT2D eigenvalue weighted by atomic mass is 10.3. The van der Waals surface area contributed by atoms with Gasteiger partial charge in [0.15, 0.2) is 5.03 Å². The maximum absolute atomic E-state index is 10.0. The Morgan fingerprint density at radius 1 is 1.38 bits per heavy atom. The fraction of sp³-hybridized carbons (Fsp3) is 0. The maximum atomic E-state index is 10.0. The van der Waals surface area contributed by atoms with Gasteiger partial charge in [0.05, 0.1) is 15.1 Å². The molecule has 0 aliphatic rings. The number of guanidine groups is 1. The summed E-state index contributed by atoms with van der Waals surface area (Å²) < 4.78 is 0. The van der Waals surface area contributed by atoms with Crippen molar-refractivity contribution in [2.24, 2.45) is 10.8 Å². The number of nitrogens with one attached hydrogen (secondary N) is 1. The number of nitrogens with two attached hydrogens (primary N) is 1. The minimum atomic E-state index is -0.929. The molecule has 0 aromatic heterocycles. The van der Waals surface area contributed by atoms with Crippen LogP contribution < -0.4 is 11.1 Å². The van der Waals surface area contributed by atoms with E-state index in [2.05, 4.69) is 10.4 Å². The quantitative estimate of drug-likeness (QED) is 0.287. The van der Waals surface area contributed by atoms with E-state index in [9.17, 15) is 10.1 Å². The standard InChI is InChI=1S/C7H5Cl3N4O2/c8-4-1-3(2-5(9)6(4)10)12-7(11)13-14(15)16/h1-2H,(H3,11,12,13). The van der Waals surface area contributed by atoms with Crippen LogP contribution in [-0.2, 0) is 0 Å². The van der Waals surface area contributed by atoms with Gasteiger partial charge in [-0.05, 0) is 12.1 Å². The van der Waals surface area contributed by atoms with Crippen molar-refractivity contribution in [3.8, 4) is 0 Å². The van der Waals surface area contributed by atoms with Crippen LogP contribution in [0.25, 0.3) is 0 Å². The lowest BCUT2D eigenvalue weighted by molar-refractivity contribution is -0.485. The van der Waals surface area contributed by atoms with Gasteiger partial charge in [-0.15, -0.1) is 0 Å². The van der Waals surface area contributed by atoms with E-state index in [0.717, 1.165) is 0 Å². The zero-order valence-electron chi connectivity index (χ0n) is 7.58. The largest absolute Gasteiger partial charge is 0.364 e. The Morgan fingerprint density at radius 2 is 1.88 bits per heavy atom. The van der Waals surface area contributed by atoms with Gasteiger partial charge in [0.2, 0.25) is 0 Å². The predicted molar refractivity (Wildman–Crippen MR) is 63.7 cm³/mol. The molecule has 1 aromatic rings. The average Bonchev–Trinajstić information content (AvgIpc) is 2.12. The molecule has 0 radical (unpaired) electrons. The zero-order valence-corrected chi connectivity index (χ0v) is 9.84. The zero-order chi connectivity index (χ0) is 12.3. The number of hydrazone groups is 1. The van der Waals surface area contributed by atoms with Gasteiger partial charge < -0.3 is 11.1 Å². The van der Waals surface area contributed by atoms with Crippen LogP contribution in [-0.4, -0.2) is 11.0 Å². The smallest absolute Gasteiger partial charge is 0.270 e. The first kappa shape index (κ1) is 12.8. The normalized spacial score (nSPS) is 11.3. The lowest BCUT2D eigenvalue weighted by Gasteiger charge is -2.05. The molecular weight excluding hydrogens is 278 g/mol. The summed E-state index contributed by atoms with van der Waals surface area (Å²) in [6, 6.07) is 2.83. The number of nitro groups is 1. The fourth-order valence-corrected chi connectivity index (χ4v) is 1.48.